The molecule has 1 aliphatic rings. The van der Waals surface area contributed by atoms with E-state index in [1.807, 2.05) is 48.5 Å². The van der Waals surface area contributed by atoms with Crippen LogP contribution in [0.1, 0.15) is 12.8 Å². The molecule has 22 heavy (non-hydrogen) atoms. The normalized spacial score (nSPS) is 15.5. The second-order valence-corrected chi connectivity index (χ2v) is 5.95. The molecule has 116 valence electrons. The molecule has 1 saturated heterocycles. The molecule has 0 amide bonds. The summed E-state index contributed by atoms with van der Waals surface area (Å²) in [4.78, 5) is 0. The lowest BCUT2D eigenvalue weighted by molar-refractivity contribution is 0.0699. The minimum absolute atomic E-state index is 0.707. The Bertz CT molecular complexity index is 577. The zero-order chi connectivity index (χ0) is 15.2. The van der Waals surface area contributed by atoms with E-state index < -0.39 is 0 Å². The molecule has 1 heterocycles. The van der Waals surface area contributed by atoms with Crippen LogP contribution < -0.4 is 10.1 Å². The monoisotopic (exact) mass is 317 g/mol. The van der Waals surface area contributed by atoms with Crippen LogP contribution in [0, 0.1) is 5.92 Å². The van der Waals surface area contributed by atoms with Crippen LogP contribution in [0.4, 0.5) is 5.69 Å². The topological polar surface area (TPSA) is 30.5 Å². The van der Waals surface area contributed by atoms with Crippen molar-refractivity contribution in [3.63, 3.8) is 0 Å². The molecule has 0 aliphatic carbocycles. The molecule has 1 fully saturated rings. The van der Waals surface area contributed by atoms with Crippen molar-refractivity contribution in [3.8, 4) is 11.5 Å². The molecule has 0 radical (unpaired) electrons. The van der Waals surface area contributed by atoms with E-state index in [0.717, 1.165) is 49.8 Å². The van der Waals surface area contributed by atoms with Crippen molar-refractivity contribution in [2.75, 3.05) is 25.1 Å². The van der Waals surface area contributed by atoms with Crippen molar-refractivity contribution in [1.29, 1.82) is 0 Å². The van der Waals surface area contributed by atoms with E-state index in [2.05, 4.69) is 5.32 Å². The Hall–Kier alpha value is -1.71. The molecule has 2 aromatic rings. The van der Waals surface area contributed by atoms with Gasteiger partial charge in [0.2, 0.25) is 0 Å². The predicted octanol–water partition coefficient (Wildman–Crippen LogP) is 4.97. The van der Waals surface area contributed by atoms with E-state index in [1.54, 1.807) is 0 Å². The van der Waals surface area contributed by atoms with Gasteiger partial charge >= 0.3 is 0 Å². The van der Waals surface area contributed by atoms with Crippen LogP contribution in [0.5, 0.6) is 11.5 Å². The largest absolute Gasteiger partial charge is 0.457 e. The number of halogens is 1. The Kier molecular flexibility index (Phi) is 5.20. The van der Waals surface area contributed by atoms with Gasteiger partial charge in [0, 0.05) is 30.5 Å². The second kappa shape index (κ2) is 7.52. The fourth-order valence-corrected chi connectivity index (χ4v) is 2.62. The summed E-state index contributed by atoms with van der Waals surface area (Å²) in [5.74, 6) is 2.31. The summed E-state index contributed by atoms with van der Waals surface area (Å²) in [7, 11) is 0. The maximum atomic E-state index is 5.86. The van der Waals surface area contributed by atoms with Crippen molar-refractivity contribution < 1.29 is 9.47 Å². The van der Waals surface area contributed by atoms with Crippen LogP contribution in [0.25, 0.3) is 0 Å². The smallest absolute Gasteiger partial charge is 0.127 e. The van der Waals surface area contributed by atoms with Gasteiger partial charge in [0.05, 0.1) is 0 Å². The van der Waals surface area contributed by atoms with Gasteiger partial charge in [0.1, 0.15) is 11.5 Å². The summed E-state index contributed by atoms with van der Waals surface area (Å²) in [6.07, 6.45) is 2.29. The van der Waals surface area contributed by atoms with Crippen LogP contribution in [0.3, 0.4) is 0 Å². The average molecular weight is 318 g/mol. The maximum Gasteiger partial charge on any atom is 0.127 e. The molecule has 0 unspecified atom stereocenters. The van der Waals surface area contributed by atoms with Crippen molar-refractivity contribution in [3.05, 3.63) is 53.6 Å². The third-order valence-electron chi connectivity index (χ3n) is 3.84. The summed E-state index contributed by atoms with van der Waals surface area (Å²) in [6, 6.07) is 15.4. The molecule has 4 heteroatoms. The molecular formula is C18H20ClNO2. The van der Waals surface area contributed by atoms with Crippen molar-refractivity contribution >= 4 is 17.3 Å². The van der Waals surface area contributed by atoms with Gasteiger partial charge in [-0.1, -0.05) is 11.6 Å². The molecule has 0 aromatic heterocycles. The zero-order valence-electron chi connectivity index (χ0n) is 12.4. The highest BCUT2D eigenvalue weighted by atomic mass is 35.5. The molecule has 1 N–H and O–H groups in total. The van der Waals surface area contributed by atoms with E-state index in [4.69, 9.17) is 21.1 Å². The number of ether oxygens (including phenoxy) is 2. The molecule has 0 atom stereocenters. The highest BCUT2D eigenvalue weighted by Gasteiger charge is 2.13. The number of rotatable bonds is 5. The van der Waals surface area contributed by atoms with Crippen LogP contribution in [0.15, 0.2) is 48.5 Å². The Labute approximate surface area is 136 Å². The number of nitrogens with one attached hydrogen (secondary N) is 1. The SMILES string of the molecule is Clc1ccc(Oc2ccc(NCC3CCOCC3)cc2)cc1. The van der Waals surface area contributed by atoms with Crippen LogP contribution in [-0.4, -0.2) is 19.8 Å². The maximum absolute atomic E-state index is 5.86. The van der Waals surface area contributed by atoms with Gasteiger partial charge in [0.15, 0.2) is 0 Å². The standard InChI is InChI=1S/C18H20ClNO2/c19-15-1-5-17(6-2-15)22-18-7-3-16(4-8-18)20-13-14-9-11-21-12-10-14/h1-8,14,20H,9-13H2. The first kappa shape index (κ1) is 15.2. The van der Waals surface area contributed by atoms with E-state index in [9.17, 15) is 0 Å². The number of benzene rings is 2. The summed E-state index contributed by atoms with van der Waals surface area (Å²) in [5.41, 5.74) is 1.12. The molecule has 3 nitrogen and oxygen atoms in total. The van der Waals surface area contributed by atoms with E-state index in [0.29, 0.717) is 10.9 Å². The highest BCUT2D eigenvalue weighted by molar-refractivity contribution is 6.30. The summed E-state index contributed by atoms with van der Waals surface area (Å²) < 4.78 is 11.2. The molecule has 1 aliphatic heterocycles. The average Bonchev–Trinajstić information content (AvgIpc) is 2.57. The second-order valence-electron chi connectivity index (χ2n) is 5.52. The number of hydrogen-bond donors (Lipinski definition) is 1. The summed E-state index contributed by atoms with van der Waals surface area (Å²) in [5, 5.41) is 4.19. The molecule has 3 rings (SSSR count). The molecular weight excluding hydrogens is 298 g/mol. The van der Waals surface area contributed by atoms with Gasteiger partial charge < -0.3 is 14.8 Å². The molecule has 0 saturated carbocycles. The molecule has 0 spiro atoms. The lowest BCUT2D eigenvalue weighted by Gasteiger charge is -2.22. The fraction of sp³-hybridized carbons (Fsp3) is 0.333. The van der Waals surface area contributed by atoms with E-state index in [-0.39, 0.29) is 0 Å². The minimum Gasteiger partial charge on any atom is -0.457 e. The predicted molar refractivity (Wildman–Crippen MR) is 90.0 cm³/mol. The van der Waals surface area contributed by atoms with Gasteiger partial charge in [-0.3, -0.25) is 0 Å². The van der Waals surface area contributed by atoms with Crippen LogP contribution in [-0.2, 0) is 4.74 Å². The van der Waals surface area contributed by atoms with Crippen LogP contribution in [0.2, 0.25) is 5.02 Å². The first-order valence-corrected chi connectivity index (χ1v) is 8.02. The fourth-order valence-electron chi connectivity index (χ4n) is 2.49. The quantitative estimate of drug-likeness (QED) is 0.844. The van der Waals surface area contributed by atoms with E-state index >= 15 is 0 Å². The van der Waals surface area contributed by atoms with E-state index in [1.165, 1.54) is 0 Å². The highest BCUT2D eigenvalue weighted by Crippen LogP contribution is 2.24. The lowest BCUT2D eigenvalue weighted by atomic mass is 10.0. The third kappa shape index (κ3) is 4.39. The van der Waals surface area contributed by atoms with Gasteiger partial charge in [-0.2, -0.15) is 0 Å². The zero-order valence-corrected chi connectivity index (χ0v) is 13.2. The van der Waals surface area contributed by atoms with Gasteiger partial charge in [0.25, 0.3) is 0 Å². The van der Waals surface area contributed by atoms with Crippen molar-refractivity contribution in [2.45, 2.75) is 12.8 Å². The summed E-state index contributed by atoms with van der Waals surface area (Å²) >= 11 is 5.86. The Morgan fingerprint density at radius 1 is 0.955 bits per heavy atom. The lowest BCUT2D eigenvalue weighted by Crippen LogP contribution is -2.22. The van der Waals surface area contributed by atoms with Crippen molar-refractivity contribution in [2.24, 2.45) is 5.92 Å². The first-order chi connectivity index (χ1) is 10.8. The Balaban J connectivity index is 1.52. The number of anilines is 1. The Morgan fingerprint density at radius 2 is 1.55 bits per heavy atom. The van der Waals surface area contributed by atoms with Gasteiger partial charge in [-0.05, 0) is 67.3 Å². The van der Waals surface area contributed by atoms with Crippen LogP contribution >= 0.6 is 11.6 Å². The minimum atomic E-state index is 0.707. The molecule has 0 bridgehead atoms. The Morgan fingerprint density at radius 3 is 2.18 bits per heavy atom. The third-order valence-corrected chi connectivity index (χ3v) is 4.09. The van der Waals surface area contributed by atoms with Gasteiger partial charge in [-0.25, -0.2) is 0 Å². The molecule has 2 aromatic carbocycles. The number of hydrogen-bond acceptors (Lipinski definition) is 3. The first-order valence-electron chi connectivity index (χ1n) is 7.65. The van der Waals surface area contributed by atoms with Gasteiger partial charge in [-0.15, -0.1) is 0 Å². The summed E-state index contributed by atoms with van der Waals surface area (Å²) in [6.45, 7) is 2.78. The van der Waals surface area contributed by atoms with Crippen molar-refractivity contribution in [1.82, 2.24) is 0 Å².